The quantitative estimate of drug-likeness (QED) is 0.795. The highest BCUT2D eigenvalue weighted by Gasteiger charge is 2.33. The second kappa shape index (κ2) is 6.40. The van der Waals surface area contributed by atoms with Crippen molar-refractivity contribution < 1.29 is 24.0 Å². The molecule has 2 amide bonds. The minimum atomic E-state index is -0.622. The Morgan fingerprint density at radius 2 is 1.43 bits per heavy atom. The first-order valence-corrected chi connectivity index (χ1v) is 7.47. The maximum atomic E-state index is 12.1. The van der Waals surface area contributed by atoms with Gasteiger partial charge < -0.3 is 9.57 Å². The van der Waals surface area contributed by atoms with Crippen molar-refractivity contribution in [3.05, 3.63) is 27.8 Å². The van der Waals surface area contributed by atoms with Gasteiger partial charge in [-0.2, -0.15) is 0 Å². The van der Waals surface area contributed by atoms with Crippen molar-refractivity contribution in [2.75, 3.05) is 7.11 Å². The number of hydrogen-bond donors (Lipinski definition) is 0. The second-order valence-corrected chi connectivity index (χ2v) is 5.73. The highest BCUT2D eigenvalue weighted by Crippen LogP contribution is 2.32. The SMILES string of the molecule is COc1c(C)c(C)c(CC(=O)ON2C(=O)CCC2=O)c(C)c1C. The van der Waals surface area contributed by atoms with Crippen molar-refractivity contribution in [2.45, 2.75) is 47.0 Å². The van der Waals surface area contributed by atoms with Gasteiger partial charge in [0.25, 0.3) is 11.8 Å². The number of carbonyl (C=O) groups is 3. The van der Waals surface area contributed by atoms with Gasteiger partial charge in [-0.15, -0.1) is 5.06 Å². The molecule has 6 heteroatoms. The molecule has 0 aromatic heterocycles. The average Bonchev–Trinajstić information content (AvgIpc) is 2.82. The molecule has 0 spiro atoms. The lowest BCUT2D eigenvalue weighted by Crippen LogP contribution is -2.32. The van der Waals surface area contributed by atoms with Crippen LogP contribution in [0.2, 0.25) is 0 Å². The number of rotatable bonds is 4. The van der Waals surface area contributed by atoms with Gasteiger partial charge >= 0.3 is 5.97 Å². The summed E-state index contributed by atoms with van der Waals surface area (Å²) in [6.45, 7) is 7.70. The Labute approximate surface area is 135 Å². The second-order valence-electron chi connectivity index (χ2n) is 5.73. The van der Waals surface area contributed by atoms with E-state index < -0.39 is 17.8 Å². The number of benzene rings is 1. The first-order valence-electron chi connectivity index (χ1n) is 7.47. The third-order valence-corrected chi connectivity index (χ3v) is 4.44. The molecule has 23 heavy (non-hydrogen) atoms. The van der Waals surface area contributed by atoms with E-state index in [0.717, 1.165) is 33.6 Å². The van der Waals surface area contributed by atoms with Gasteiger partial charge in [-0.1, -0.05) is 0 Å². The molecule has 0 saturated carbocycles. The Bertz CT molecular complexity index is 648. The Morgan fingerprint density at radius 3 is 1.87 bits per heavy atom. The summed E-state index contributed by atoms with van der Waals surface area (Å²) in [5.74, 6) is -0.761. The van der Waals surface area contributed by atoms with Gasteiger partial charge in [0.2, 0.25) is 0 Å². The molecular weight excluding hydrogens is 298 g/mol. The molecule has 1 saturated heterocycles. The number of hydrogen-bond acceptors (Lipinski definition) is 5. The molecule has 0 radical (unpaired) electrons. The van der Waals surface area contributed by atoms with Gasteiger partial charge in [0.15, 0.2) is 0 Å². The van der Waals surface area contributed by atoms with Crippen LogP contribution in [0.15, 0.2) is 0 Å². The molecule has 0 bridgehead atoms. The van der Waals surface area contributed by atoms with Crippen LogP contribution in [-0.2, 0) is 25.6 Å². The standard InChI is InChI=1S/C17H21NO5/c1-9-11(3)17(22-5)12(4)10(2)13(9)8-16(21)23-18-14(19)6-7-15(18)20/h6-8H2,1-5H3. The molecule has 0 N–H and O–H groups in total. The summed E-state index contributed by atoms with van der Waals surface area (Å²) in [6, 6.07) is 0. The highest BCUT2D eigenvalue weighted by atomic mass is 16.7. The first kappa shape index (κ1) is 17.0. The molecule has 2 rings (SSSR count). The molecular formula is C17H21NO5. The third kappa shape index (κ3) is 3.06. The van der Waals surface area contributed by atoms with E-state index >= 15 is 0 Å². The Morgan fingerprint density at radius 1 is 0.957 bits per heavy atom. The summed E-state index contributed by atoms with van der Waals surface area (Å²) in [6.07, 6.45) is 0.177. The zero-order valence-corrected chi connectivity index (χ0v) is 14.1. The summed E-state index contributed by atoms with van der Waals surface area (Å²) >= 11 is 0. The largest absolute Gasteiger partial charge is 0.496 e. The maximum absolute atomic E-state index is 12.1. The Balaban J connectivity index is 2.25. The van der Waals surface area contributed by atoms with Gasteiger partial charge in [0.05, 0.1) is 13.5 Å². The smallest absolute Gasteiger partial charge is 0.337 e. The van der Waals surface area contributed by atoms with Crippen LogP contribution in [0.3, 0.4) is 0 Å². The molecule has 124 valence electrons. The Kier molecular flexibility index (Phi) is 4.73. The van der Waals surface area contributed by atoms with Crippen LogP contribution in [0.1, 0.15) is 40.7 Å². The summed E-state index contributed by atoms with van der Waals surface area (Å²) in [5, 5.41) is 0.580. The van der Waals surface area contributed by atoms with E-state index in [1.807, 2.05) is 27.7 Å². The molecule has 1 heterocycles. The Hall–Kier alpha value is -2.37. The van der Waals surface area contributed by atoms with E-state index in [1.165, 1.54) is 0 Å². The summed E-state index contributed by atoms with van der Waals surface area (Å²) in [5.41, 5.74) is 4.66. The number of carbonyl (C=O) groups excluding carboxylic acids is 3. The topological polar surface area (TPSA) is 72.9 Å². The van der Waals surface area contributed by atoms with E-state index in [0.29, 0.717) is 5.06 Å². The number of nitrogens with zero attached hydrogens (tertiary/aromatic N) is 1. The fraction of sp³-hybridized carbons (Fsp3) is 0.471. The molecule has 6 nitrogen and oxygen atoms in total. The zero-order chi connectivity index (χ0) is 17.3. The number of methoxy groups -OCH3 is 1. The number of amides is 2. The molecule has 1 aromatic carbocycles. The van der Waals surface area contributed by atoms with Gasteiger partial charge in [-0.3, -0.25) is 9.59 Å². The third-order valence-electron chi connectivity index (χ3n) is 4.44. The molecule has 0 atom stereocenters. The monoisotopic (exact) mass is 319 g/mol. The summed E-state index contributed by atoms with van der Waals surface area (Å²) in [4.78, 5) is 40.1. The predicted octanol–water partition coefficient (Wildman–Crippen LogP) is 2.08. The van der Waals surface area contributed by atoms with Crippen molar-refractivity contribution in [2.24, 2.45) is 0 Å². The van der Waals surface area contributed by atoms with E-state index in [2.05, 4.69) is 0 Å². The van der Waals surface area contributed by atoms with Gasteiger partial charge in [-0.05, 0) is 55.5 Å². The van der Waals surface area contributed by atoms with Crippen LogP contribution < -0.4 is 4.74 Å². The lowest BCUT2D eigenvalue weighted by molar-refractivity contribution is -0.197. The zero-order valence-electron chi connectivity index (χ0n) is 14.1. The molecule has 1 fully saturated rings. The van der Waals surface area contributed by atoms with Gasteiger partial charge in [-0.25, -0.2) is 4.79 Å². The summed E-state index contributed by atoms with van der Waals surface area (Å²) in [7, 11) is 1.62. The lowest BCUT2D eigenvalue weighted by atomic mass is 9.91. The van der Waals surface area contributed by atoms with E-state index in [1.54, 1.807) is 7.11 Å². The van der Waals surface area contributed by atoms with Gasteiger partial charge in [0.1, 0.15) is 5.75 Å². The number of imide groups is 1. The van der Waals surface area contributed by atoms with Crippen LogP contribution in [0, 0.1) is 27.7 Å². The molecule has 1 aliphatic heterocycles. The normalized spacial score (nSPS) is 14.4. The molecule has 0 unspecified atom stereocenters. The van der Waals surface area contributed by atoms with Crippen LogP contribution in [0.5, 0.6) is 5.75 Å². The van der Waals surface area contributed by atoms with Crippen molar-refractivity contribution in [1.82, 2.24) is 5.06 Å². The van der Waals surface area contributed by atoms with E-state index in [-0.39, 0.29) is 19.3 Å². The van der Waals surface area contributed by atoms with E-state index in [4.69, 9.17) is 9.57 Å². The lowest BCUT2D eigenvalue weighted by Gasteiger charge is -2.20. The number of hydroxylamine groups is 2. The van der Waals surface area contributed by atoms with Crippen molar-refractivity contribution in [3.8, 4) is 5.75 Å². The van der Waals surface area contributed by atoms with Crippen LogP contribution in [-0.4, -0.2) is 30.0 Å². The van der Waals surface area contributed by atoms with E-state index in [9.17, 15) is 14.4 Å². The fourth-order valence-corrected chi connectivity index (χ4v) is 2.86. The molecule has 1 aromatic rings. The highest BCUT2D eigenvalue weighted by molar-refractivity contribution is 6.01. The predicted molar refractivity (Wildman–Crippen MR) is 82.8 cm³/mol. The van der Waals surface area contributed by atoms with Crippen LogP contribution in [0.25, 0.3) is 0 Å². The first-order chi connectivity index (χ1) is 10.8. The van der Waals surface area contributed by atoms with Crippen molar-refractivity contribution in [3.63, 3.8) is 0 Å². The number of ether oxygens (including phenoxy) is 1. The minimum absolute atomic E-state index is 0.000398. The van der Waals surface area contributed by atoms with Crippen molar-refractivity contribution in [1.29, 1.82) is 0 Å². The summed E-state index contributed by atoms with van der Waals surface area (Å²) < 4.78 is 5.42. The molecule has 1 aliphatic rings. The van der Waals surface area contributed by atoms with Crippen LogP contribution in [0.4, 0.5) is 0 Å². The maximum Gasteiger partial charge on any atom is 0.337 e. The van der Waals surface area contributed by atoms with Crippen molar-refractivity contribution >= 4 is 17.8 Å². The van der Waals surface area contributed by atoms with Gasteiger partial charge in [0, 0.05) is 12.8 Å². The fourth-order valence-electron chi connectivity index (χ4n) is 2.86. The van der Waals surface area contributed by atoms with Crippen LogP contribution >= 0.6 is 0 Å². The average molecular weight is 319 g/mol. The molecule has 0 aliphatic carbocycles. The minimum Gasteiger partial charge on any atom is -0.496 e.